The van der Waals surface area contributed by atoms with E-state index in [2.05, 4.69) is 67.3 Å². The highest BCUT2D eigenvalue weighted by Gasteiger charge is 2.01. The Morgan fingerprint density at radius 3 is 2.11 bits per heavy atom. The van der Waals surface area contributed by atoms with Crippen molar-refractivity contribution < 1.29 is 0 Å². The summed E-state index contributed by atoms with van der Waals surface area (Å²) in [5, 5.41) is 0. The Morgan fingerprint density at radius 1 is 0.889 bits per heavy atom. The van der Waals surface area contributed by atoms with Gasteiger partial charge in [-0.2, -0.15) is 0 Å². The minimum Gasteiger partial charge on any atom is -0.102 e. The molecule has 0 heterocycles. The molecule has 0 fully saturated rings. The molecule has 2 rings (SSSR count). The largest absolute Gasteiger partial charge is 0.102 e. The molecule has 0 N–H and O–H groups in total. The van der Waals surface area contributed by atoms with Crippen molar-refractivity contribution in [1.29, 1.82) is 0 Å². The van der Waals surface area contributed by atoms with E-state index >= 15 is 0 Å². The van der Waals surface area contributed by atoms with Crippen LogP contribution in [-0.2, 0) is 6.42 Å². The first-order valence-corrected chi connectivity index (χ1v) is 6.28. The van der Waals surface area contributed by atoms with Gasteiger partial charge in [-0.25, -0.2) is 0 Å². The van der Waals surface area contributed by atoms with E-state index in [1.807, 2.05) is 18.2 Å². The average molecular weight is 234 g/mol. The Hall–Kier alpha value is -2.08. The lowest BCUT2D eigenvalue weighted by Crippen LogP contribution is -1.90. The van der Waals surface area contributed by atoms with Crippen molar-refractivity contribution in [3.8, 4) is 0 Å². The summed E-state index contributed by atoms with van der Waals surface area (Å²) in [5.41, 5.74) is 2.63. The molecule has 0 bridgehead atoms. The smallest absolute Gasteiger partial charge is 0.0196 e. The van der Waals surface area contributed by atoms with E-state index in [0.29, 0.717) is 5.92 Å². The highest BCUT2D eigenvalue weighted by atomic mass is 14.1. The average Bonchev–Trinajstić information content (AvgIpc) is 2.46. The molecule has 1 unspecified atom stereocenters. The lowest BCUT2D eigenvalue weighted by molar-refractivity contribution is 1.07. The third-order valence-corrected chi connectivity index (χ3v) is 2.98. The first-order valence-electron chi connectivity index (χ1n) is 6.28. The van der Waals surface area contributed by atoms with Crippen LogP contribution < -0.4 is 0 Å². The van der Waals surface area contributed by atoms with Gasteiger partial charge in [-0.05, 0) is 17.5 Å². The van der Waals surface area contributed by atoms with Crippen molar-refractivity contribution in [2.75, 3.05) is 0 Å². The van der Waals surface area contributed by atoms with Gasteiger partial charge < -0.3 is 0 Å². The summed E-state index contributed by atoms with van der Waals surface area (Å²) in [6, 6.07) is 20.9. The maximum Gasteiger partial charge on any atom is 0.0196 e. The normalized spacial score (nSPS) is 12.4. The lowest BCUT2D eigenvalue weighted by Gasteiger charge is -2.07. The van der Waals surface area contributed by atoms with Crippen LogP contribution in [0.15, 0.2) is 85.5 Å². The molecule has 0 radical (unpaired) electrons. The molecule has 0 aliphatic heterocycles. The number of benzene rings is 2. The van der Waals surface area contributed by atoms with Crippen LogP contribution in [0.3, 0.4) is 0 Å². The van der Waals surface area contributed by atoms with Gasteiger partial charge in [-0.15, -0.1) is 6.58 Å². The third-order valence-electron chi connectivity index (χ3n) is 2.98. The summed E-state index contributed by atoms with van der Waals surface area (Å²) < 4.78 is 0. The van der Waals surface area contributed by atoms with Gasteiger partial charge >= 0.3 is 0 Å². The molecule has 0 heteroatoms. The molecule has 1 atom stereocenters. The Balaban J connectivity index is 2.01. The van der Waals surface area contributed by atoms with E-state index in [1.54, 1.807) is 0 Å². The minimum absolute atomic E-state index is 0.301. The number of hydrogen-bond donors (Lipinski definition) is 0. The van der Waals surface area contributed by atoms with Crippen molar-refractivity contribution in [3.63, 3.8) is 0 Å². The van der Waals surface area contributed by atoms with Crippen molar-refractivity contribution >= 4 is 0 Å². The standard InChI is InChI=1S/C18H18/c1-2-17(18-13-7-4-8-14-18)15-9-12-16-10-5-3-6-11-16/h2-11,13-15,17H,1,12H2. The Morgan fingerprint density at radius 2 is 1.50 bits per heavy atom. The van der Waals surface area contributed by atoms with Gasteiger partial charge in [0.25, 0.3) is 0 Å². The van der Waals surface area contributed by atoms with Crippen LogP contribution in [0.5, 0.6) is 0 Å². The molecule has 18 heavy (non-hydrogen) atoms. The van der Waals surface area contributed by atoms with Crippen LogP contribution in [0.2, 0.25) is 0 Å². The molecule has 90 valence electrons. The van der Waals surface area contributed by atoms with E-state index < -0.39 is 0 Å². The predicted octanol–water partition coefficient (Wildman–Crippen LogP) is 4.76. The first kappa shape index (κ1) is 12.4. The maximum absolute atomic E-state index is 3.91. The van der Waals surface area contributed by atoms with Gasteiger partial charge in [-0.1, -0.05) is 78.9 Å². The monoisotopic (exact) mass is 234 g/mol. The van der Waals surface area contributed by atoms with E-state index in [-0.39, 0.29) is 0 Å². The topological polar surface area (TPSA) is 0 Å². The summed E-state index contributed by atoms with van der Waals surface area (Å²) in [6.45, 7) is 3.91. The summed E-state index contributed by atoms with van der Waals surface area (Å²) >= 11 is 0. The summed E-state index contributed by atoms with van der Waals surface area (Å²) in [7, 11) is 0. The fourth-order valence-electron chi connectivity index (χ4n) is 1.97. The molecule has 0 spiro atoms. The second-order valence-corrected chi connectivity index (χ2v) is 4.29. The van der Waals surface area contributed by atoms with Crippen molar-refractivity contribution in [2.24, 2.45) is 0 Å². The quantitative estimate of drug-likeness (QED) is 0.655. The Labute approximate surface area is 109 Å². The third kappa shape index (κ3) is 3.46. The van der Waals surface area contributed by atoms with Crippen LogP contribution in [0.1, 0.15) is 17.0 Å². The molecule has 2 aromatic rings. The number of rotatable bonds is 5. The zero-order valence-corrected chi connectivity index (χ0v) is 10.5. The molecular weight excluding hydrogens is 216 g/mol. The summed E-state index contributed by atoms with van der Waals surface area (Å²) in [6.07, 6.45) is 7.39. The number of allylic oxidation sites excluding steroid dienone is 3. The minimum atomic E-state index is 0.301. The van der Waals surface area contributed by atoms with Crippen LogP contribution >= 0.6 is 0 Å². The summed E-state index contributed by atoms with van der Waals surface area (Å²) in [5.74, 6) is 0.301. The zero-order valence-electron chi connectivity index (χ0n) is 10.5. The summed E-state index contributed by atoms with van der Waals surface area (Å²) in [4.78, 5) is 0. The Kier molecular flexibility index (Phi) is 4.54. The van der Waals surface area contributed by atoms with Gasteiger partial charge in [0.15, 0.2) is 0 Å². The highest BCUT2D eigenvalue weighted by molar-refractivity contribution is 5.28. The molecule has 0 aromatic heterocycles. The highest BCUT2D eigenvalue weighted by Crippen LogP contribution is 2.18. The second kappa shape index (κ2) is 6.61. The predicted molar refractivity (Wildman–Crippen MR) is 78.7 cm³/mol. The molecule has 2 aromatic carbocycles. The van der Waals surface area contributed by atoms with E-state index in [0.717, 1.165) is 6.42 Å². The van der Waals surface area contributed by atoms with Crippen LogP contribution in [0.25, 0.3) is 0 Å². The number of hydrogen-bond acceptors (Lipinski definition) is 0. The van der Waals surface area contributed by atoms with Crippen LogP contribution in [-0.4, -0.2) is 0 Å². The fourth-order valence-corrected chi connectivity index (χ4v) is 1.97. The van der Waals surface area contributed by atoms with E-state index in [4.69, 9.17) is 0 Å². The van der Waals surface area contributed by atoms with Crippen molar-refractivity contribution in [3.05, 3.63) is 96.6 Å². The van der Waals surface area contributed by atoms with Crippen LogP contribution in [0.4, 0.5) is 0 Å². The second-order valence-electron chi connectivity index (χ2n) is 4.29. The van der Waals surface area contributed by atoms with E-state index in [1.165, 1.54) is 11.1 Å². The molecular formula is C18H18. The van der Waals surface area contributed by atoms with E-state index in [9.17, 15) is 0 Å². The SMILES string of the molecule is C=CC(C=CCc1ccccc1)c1ccccc1. The fraction of sp³-hybridized carbons (Fsp3) is 0.111. The molecule has 0 aliphatic rings. The molecule has 0 nitrogen and oxygen atoms in total. The van der Waals surface area contributed by atoms with Crippen molar-refractivity contribution in [1.82, 2.24) is 0 Å². The molecule has 0 aliphatic carbocycles. The van der Waals surface area contributed by atoms with Gasteiger partial charge in [0.2, 0.25) is 0 Å². The van der Waals surface area contributed by atoms with Crippen LogP contribution in [0, 0.1) is 0 Å². The zero-order chi connectivity index (χ0) is 12.6. The Bertz CT molecular complexity index is 494. The molecule has 0 saturated carbocycles. The maximum atomic E-state index is 3.91. The van der Waals surface area contributed by atoms with Gasteiger partial charge in [-0.3, -0.25) is 0 Å². The van der Waals surface area contributed by atoms with Gasteiger partial charge in [0.05, 0.1) is 0 Å². The van der Waals surface area contributed by atoms with Gasteiger partial charge in [0, 0.05) is 5.92 Å². The molecule has 0 amide bonds. The lowest BCUT2D eigenvalue weighted by atomic mass is 9.98. The van der Waals surface area contributed by atoms with Crippen molar-refractivity contribution in [2.45, 2.75) is 12.3 Å². The first-order chi connectivity index (χ1) is 8.90. The van der Waals surface area contributed by atoms with Gasteiger partial charge in [0.1, 0.15) is 0 Å². The molecule has 0 saturated heterocycles.